The third-order valence-electron chi connectivity index (χ3n) is 3.36. The van der Waals surface area contributed by atoms with Crippen LogP contribution in [0, 0.1) is 5.92 Å². The summed E-state index contributed by atoms with van der Waals surface area (Å²) >= 11 is 3.45. The predicted molar refractivity (Wildman–Crippen MR) is 87.7 cm³/mol. The van der Waals surface area contributed by atoms with Gasteiger partial charge in [0.15, 0.2) is 0 Å². The molecule has 0 radical (unpaired) electrons. The van der Waals surface area contributed by atoms with Gasteiger partial charge in [-0.2, -0.15) is 0 Å². The summed E-state index contributed by atoms with van der Waals surface area (Å²) in [7, 11) is 0. The molecule has 0 saturated carbocycles. The number of nitrogens with one attached hydrogen (secondary N) is 1. The standard InChI is InChI=1S/C16H19BrN2O/c1-10(2)15(18)9-16(20)19-14-6-4-11-7-13(17)5-3-12(11)8-14/h3-8,10,15H,9,18H2,1-2H3,(H,19,20). The summed E-state index contributed by atoms with van der Waals surface area (Å²) in [6.45, 7) is 4.04. The van der Waals surface area contributed by atoms with Gasteiger partial charge in [-0.25, -0.2) is 0 Å². The first kappa shape index (κ1) is 15.0. The highest BCUT2D eigenvalue weighted by atomic mass is 79.9. The molecule has 106 valence electrons. The minimum Gasteiger partial charge on any atom is -0.327 e. The number of hydrogen-bond donors (Lipinski definition) is 2. The van der Waals surface area contributed by atoms with Gasteiger partial charge in [0.2, 0.25) is 5.91 Å². The molecule has 0 heterocycles. The van der Waals surface area contributed by atoms with Crippen LogP contribution < -0.4 is 11.1 Å². The maximum atomic E-state index is 11.9. The average Bonchev–Trinajstić information content (AvgIpc) is 2.38. The number of halogens is 1. The number of hydrogen-bond acceptors (Lipinski definition) is 2. The fraction of sp³-hybridized carbons (Fsp3) is 0.312. The van der Waals surface area contributed by atoms with Crippen LogP contribution in [0.1, 0.15) is 20.3 Å². The van der Waals surface area contributed by atoms with Crippen molar-refractivity contribution in [1.29, 1.82) is 0 Å². The molecule has 1 amide bonds. The van der Waals surface area contributed by atoms with Gasteiger partial charge >= 0.3 is 0 Å². The van der Waals surface area contributed by atoms with Crippen molar-refractivity contribution >= 4 is 38.3 Å². The summed E-state index contributed by atoms with van der Waals surface area (Å²) in [5.74, 6) is 0.261. The van der Waals surface area contributed by atoms with Gasteiger partial charge < -0.3 is 11.1 Å². The van der Waals surface area contributed by atoms with Crippen LogP contribution in [0.2, 0.25) is 0 Å². The zero-order chi connectivity index (χ0) is 14.7. The molecule has 0 bridgehead atoms. The Labute approximate surface area is 127 Å². The van der Waals surface area contributed by atoms with Crippen LogP contribution in [0.25, 0.3) is 10.8 Å². The van der Waals surface area contributed by atoms with E-state index >= 15 is 0 Å². The van der Waals surface area contributed by atoms with Crippen LogP contribution in [0.4, 0.5) is 5.69 Å². The summed E-state index contributed by atoms with van der Waals surface area (Å²) in [6, 6.07) is 11.8. The molecule has 0 aromatic heterocycles. The van der Waals surface area contributed by atoms with Crippen molar-refractivity contribution in [2.45, 2.75) is 26.3 Å². The molecule has 0 fully saturated rings. The summed E-state index contributed by atoms with van der Waals surface area (Å²) in [5.41, 5.74) is 6.72. The first-order valence-corrected chi connectivity index (χ1v) is 7.50. The van der Waals surface area contributed by atoms with E-state index in [0.717, 1.165) is 20.9 Å². The zero-order valence-electron chi connectivity index (χ0n) is 11.7. The first-order chi connectivity index (χ1) is 9.45. The number of nitrogens with two attached hydrogens (primary N) is 1. The highest BCUT2D eigenvalue weighted by Crippen LogP contribution is 2.23. The fourth-order valence-corrected chi connectivity index (χ4v) is 2.33. The Morgan fingerprint density at radius 3 is 2.55 bits per heavy atom. The molecule has 2 aromatic rings. The van der Waals surface area contributed by atoms with E-state index < -0.39 is 0 Å². The second-order valence-electron chi connectivity index (χ2n) is 5.37. The first-order valence-electron chi connectivity index (χ1n) is 6.70. The normalized spacial score (nSPS) is 12.7. The minimum atomic E-state index is -0.105. The van der Waals surface area contributed by atoms with E-state index in [1.807, 2.05) is 44.2 Å². The van der Waals surface area contributed by atoms with Crippen molar-refractivity contribution in [3.63, 3.8) is 0 Å². The predicted octanol–water partition coefficient (Wildman–Crippen LogP) is 3.91. The van der Waals surface area contributed by atoms with E-state index in [0.29, 0.717) is 12.3 Å². The summed E-state index contributed by atoms with van der Waals surface area (Å²) in [6.07, 6.45) is 0.343. The lowest BCUT2D eigenvalue weighted by Crippen LogP contribution is -2.31. The molecule has 0 aliphatic heterocycles. The zero-order valence-corrected chi connectivity index (χ0v) is 13.3. The third-order valence-corrected chi connectivity index (χ3v) is 3.86. The molecule has 3 nitrogen and oxygen atoms in total. The Bertz CT molecular complexity index is 625. The van der Waals surface area contributed by atoms with Gasteiger partial charge in [0.05, 0.1) is 0 Å². The number of benzene rings is 2. The smallest absolute Gasteiger partial charge is 0.225 e. The van der Waals surface area contributed by atoms with Gasteiger partial charge in [0.1, 0.15) is 0 Å². The summed E-state index contributed by atoms with van der Waals surface area (Å²) < 4.78 is 1.05. The van der Waals surface area contributed by atoms with Gasteiger partial charge in [0.25, 0.3) is 0 Å². The van der Waals surface area contributed by atoms with Crippen LogP contribution in [0.5, 0.6) is 0 Å². The van der Waals surface area contributed by atoms with Crippen molar-refractivity contribution < 1.29 is 4.79 Å². The molecule has 1 atom stereocenters. The Balaban J connectivity index is 2.10. The minimum absolute atomic E-state index is 0.0392. The van der Waals surface area contributed by atoms with E-state index in [1.54, 1.807) is 0 Å². The van der Waals surface area contributed by atoms with Crippen molar-refractivity contribution in [2.24, 2.45) is 11.7 Å². The Morgan fingerprint density at radius 1 is 1.20 bits per heavy atom. The molecule has 1 unspecified atom stereocenters. The van der Waals surface area contributed by atoms with Gasteiger partial charge in [0, 0.05) is 22.6 Å². The van der Waals surface area contributed by atoms with E-state index in [2.05, 4.69) is 27.3 Å². The van der Waals surface area contributed by atoms with Crippen molar-refractivity contribution in [3.05, 3.63) is 40.9 Å². The van der Waals surface area contributed by atoms with Gasteiger partial charge in [-0.1, -0.05) is 41.9 Å². The number of carbonyl (C=O) groups excluding carboxylic acids is 1. The molecule has 0 aliphatic carbocycles. The van der Waals surface area contributed by atoms with Crippen LogP contribution in [-0.4, -0.2) is 11.9 Å². The maximum absolute atomic E-state index is 11.9. The van der Waals surface area contributed by atoms with Crippen LogP contribution in [0.3, 0.4) is 0 Å². The molecule has 0 aliphatic rings. The third kappa shape index (κ3) is 3.81. The Kier molecular flexibility index (Phi) is 4.78. The topological polar surface area (TPSA) is 55.1 Å². The molecular weight excluding hydrogens is 316 g/mol. The lowest BCUT2D eigenvalue weighted by atomic mass is 10.0. The monoisotopic (exact) mass is 334 g/mol. The Hall–Kier alpha value is -1.39. The number of amides is 1. The Morgan fingerprint density at radius 2 is 1.85 bits per heavy atom. The average molecular weight is 335 g/mol. The van der Waals surface area contributed by atoms with Crippen molar-refractivity contribution in [2.75, 3.05) is 5.32 Å². The number of anilines is 1. The van der Waals surface area contributed by atoms with Gasteiger partial charge in [-0.05, 0) is 41.0 Å². The van der Waals surface area contributed by atoms with E-state index in [4.69, 9.17) is 5.73 Å². The van der Waals surface area contributed by atoms with Crippen molar-refractivity contribution in [3.8, 4) is 0 Å². The molecule has 0 spiro atoms. The second kappa shape index (κ2) is 6.37. The van der Waals surface area contributed by atoms with Gasteiger partial charge in [-0.3, -0.25) is 4.79 Å². The molecule has 0 saturated heterocycles. The molecule has 4 heteroatoms. The molecule has 2 rings (SSSR count). The van der Waals surface area contributed by atoms with Crippen LogP contribution >= 0.6 is 15.9 Å². The number of fused-ring (bicyclic) bond motifs is 1. The summed E-state index contributed by atoms with van der Waals surface area (Å²) in [4.78, 5) is 11.9. The van der Waals surface area contributed by atoms with Crippen LogP contribution in [-0.2, 0) is 4.79 Å². The lowest BCUT2D eigenvalue weighted by molar-refractivity contribution is -0.116. The molecule has 3 N–H and O–H groups in total. The second-order valence-corrected chi connectivity index (χ2v) is 6.28. The summed E-state index contributed by atoms with van der Waals surface area (Å²) in [5, 5.41) is 5.14. The highest BCUT2D eigenvalue weighted by molar-refractivity contribution is 9.10. The highest BCUT2D eigenvalue weighted by Gasteiger charge is 2.13. The van der Waals surface area contributed by atoms with E-state index in [1.165, 1.54) is 0 Å². The fourth-order valence-electron chi connectivity index (χ4n) is 1.96. The molecule has 20 heavy (non-hydrogen) atoms. The number of carbonyl (C=O) groups is 1. The van der Waals surface area contributed by atoms with Crippen molar-refractivity contribution in [1.82, 2.24) is 0 Å². The van der Waals surface area contributed by atoms with E-state index in [-0.39, 0.29) is 11.9 Å². The van der Waals surface area contributed by atoms with Crippen LogP contribution in [0.15, 0.2) is 40.9 Å². The SMILES string of the molecule is CC(C)C(N)CC(=O)Nc1ccc2cc(Br)ccc2c1. The van der Waals surface area contributed by atoms with E-state index in [9.17, 15) is 4.79 Å². The maximum Gasteiger partial charge on any atom is 0.225 e. The quantitative estimate of drug-likeness (QED) is 0.890. The van der Waals surface area contributed by atoms with Gasteiger partial charge in [-0.15, -0.1) is 0 Å². The molecular formula is C16H19BrN2O. The molecule has 2 aromatic carbocycles. The lowest BCUT2D eigenvalue weighted by Gasteiger charge is -2.15. The largest absolute Gasteiger partial charge is 0.327 e. The number of rotatable bonds is 4.